The average molecular weight is 200 g/mol. The molecule has 2 N–H and O–H groups in total. The van der Waals surface area contributed by atoms with Gasteiger partial charge in [0.05, 0.1) is 6.61 Å². The Balaban J connectivity index is 2.41. The van der Waals surface area contributed by atoms with Gasteiger partial charge in [-0.1, -0.05) is 13.8 Å². The highest BCUT2D eigenvalue weighted by Crippen LogP contribution is 2.20. The maximum atomic E-state index is 5.97. The van der Waals surface area contributed by atoms with Crippen molar-refractivity contribution in [1.29, 1.82) is 0 Å². The molecule has 0 aromatic rings. The first-order chi connectivity index (χ1) is 6.52. The van der Waals surface area contributed by atoms with Crippen molar-refractivity contribution in [2.45, 2.75) is 33.2 Å². The molecule has 3 nitrogen and oxygen atoms in total. The molecule has 3 heteroatoms. The molecule has 1 heterocycles. The van der Waals surface area contributed by atoms with E-state index in [1.54, 1.807) is 0 Å². The summed E-state index contributed by atoms with van der Waals surface area (Å²) in [6.45, 7) is 11.6. The fourth-order valence-electron chi connectivity index (χ4n) is 1.68. The van der Waals surface area contributed by atoms with Crippen molar-refractivity contribution >= 4 is 0 Å². The van der Waals surface area contributed by atoms with E-state index in [1.807, 2.05) is 0 Å². The fraction of sp³-hybridized carbons (Fsp3) is 1.00. The molecule has 1 atom stereocenters. The second-order valence-electron chi connectivity index (χ2n) is 5.02. The number of ether oxygens (including phenoxy) is 1. The van der Waals surface area contributed by atoms with Crippen molar-refractivity contribution in [3.63, 3.8) is 0 Å². The minimum atomic E-state index is 0.199. The number of nitrogens with zero attached hydrogens (tertiary/aromatic N) is 1. The first-order valence-electron chi connectivity index (χ1n) is 5.58. The van der Waals surface area contributed by atoms with Gasteiger partial charge in [0.25, 0.3) is 0 Å². The molecular formula is C11H24N2O. The molecule has 84 valence electrons. The van der Waals surface area contributed by atoms with E-state index >= 15 is 0 Å². The van der Waals surface area contributed by atoms with Crippen LogP contribution in [0, 0.1) is 5.41 Å². The van der Waals surface area contributed by atoms with E-state index in [1.165, 1.54) is 0 Å². The van der Waals surface area contributed by atoms with Crippen LogP contribution in [-0.4, -0.2) is 43.8 Å². The van der Waals surface area contributed by atoms with Crippen LogP contribution in [0.2, 0.25) is 0 Å². The molecule has 1 saturated heterocycles. The summed E-state index contributed by atoms with van der Waals surface area (Å²) < 4.78 is 5.43. The molecular weight excluding hydrogens is 176 g/mol. The molecule has 1 unspecified atom stereocenters. The second-order valence-corrected chi connectivity index (χ2v) is 5.02. The maximum absolute atomic E-state index is 5.97. The van der Waals surface area contributed by atoms with Gasteiger partial charge in [0.2, 0.25) is 0 Å². The molecule has 0 amide bonds. The van der Waals surface area contributed by atoms with Crippen LogP contribution in [-0.2, 0) is 4.74 Å². The molecule has 0 saturated carbocycles. The highest BCUT2D eigenvalue weighted by atomic mass is 16.5. The first kappa shape index (κ1) is 12.0. The van der Waals surface area contributed by atoms with Gasteiger partial charge in [0, 0.05) is 32.3 Å². The van der Waals surface area contributed by atoms with Crippen LogP contribution in [0.25, 0.3) is 0 Å². The van der Waals surface area contributed by atoms with Crippen LogP contribution in [0.1, 0.15) is 27.2 Å². The highest BCUT2D eigenvalue weighted by molar-refractivity contribution is 4.81. The molecule has 0 spiro atoms. The minimum Gasteiger partial charge on any atom is -0.380 e. The van der Waals surface area contributed by atoms with Crippen molar-refractivity contribution in [3.05, 3.63) is 0 Å². The Labute approximate surface area is 87.6 Å². The Morgan fingerprint density at radius 3 is 2.71 bits per heavy atom. The highest BCUT2D eigenvalue weighted by Gasteiger charge is 2.26. The second kappa shape index (κ2) is 5.10. The predicted molar refractivity (Wildman–Crippen MR) is 59.3 cm³/mol. The van der Waals surface area contributed by atoms with Crippen LogP contribution in [0.3, 0.4) is 0 Å². The van der Waals surface area contributed by atoms with E-state index in [4.69, 9.17) is 10.5 Å². The first-order valence-corrected chi connectivity index (χ1v) is 5.58. The monoisotopic (exact) mass is 200 g/mol. The van der Waals surface area contributed by atoms with Gasteiger partial charge < -0.3 is 15.4 Å². The summed E-state index contributed by atoms with van der Waals surface area (Å²) in [7, 11) is 0. The van der Waals surface area contributed by atoms with Gasteiger partial charge >= 0.3 is 0 Å². The lowest BCUT2D eigenvalue weighted by atomic mass is 9.85. The fourth-order valence-corrected chi connectivity index (χ4v) is 1.68. The van der Waals surface area contributed by atoms with Crippen LogP contribution >= 0.6 is 0 Å². The van der Waals surface area contributed by atoms with Gasteiger partial charge in [-0.05, 0) is 18.8 Å². The van der Waals surface area contributed by atoms with Gasteiger partial charge in [-0.15, -0.1) is 0 Å². The van der Waals surface area contributed by atoms with Crippen LogP contribution in [0.15, 0.2) is 0 Å². The molecule has 1 aliphatic rings. The third kappa shape index (κ3) is 3.56. The molecule has 1 aliphatic heterocycles. The zero-order valence-electron chi connectivity index (χ0n) is 9.75. The average Bonchev–Trinajstić information content (AvgIpc) is 2.32. The van der Waals surface area contributed by atoms with Gasteiger partial charge in [-0.2, -0.15) is 0 Å². The van der Waals surface area contributed by atoms with E-state index in [2.05, 4.69) is 25.7 Å². The van der Waals surface area contributed by atoms with Crippen LogP contribution in [0.4, 0.5) is 0 Å². The summed E-state index contributed by atoms with van der Waals surface area (Å²) in [6.07, 6.45) is 1.15. The standard InChI is InChI=1S/C11H24N2O/c1-10(12)11(2,3)9-13-5-4-7-14-8-6-13/h10H,4-9,12H2,1-3H3. The Morgan fingerprint density at radius 1 is 1.36 bits per heavy atom. The molecule has 0 aromatic heterocycles. The minimum absolute atomic E-state index is 0.199. The third-order valence-corrected chi connectivity index (χ3v) is 3.18. The van der Waals surface area contributed by atoms with Crippen LogP contribution in [0.5, 0.6) is 0 Å². The molecule has 0 aliphatic carbocycles. The maximum Gasteiger partial charge on any atom is 0.0593 e. The van der Waals surface area contributed by atoms with E-state index in [9.17, 15) is 0 Å². The van der Waals surface area contributed by atoms with Crippen molar-refractivity contribution in [3.8, 4) is 0 Å². The molecule has 0 bridgehead atoms. The van der Waals surface area contributed by atoms with Gasteiger partial charge in [-0.3, -0.25) is 0 Å². The predicted octanol–water partition coefficient (Wildman–Crippen LogP) is 1.08. The Kier molecular flexibility index (Phi) is 4.35. The lowest BCUT2D eigenvalue weighted by Gasteiger charge is -2.34. The molecule has 1 rings (SSSR count). The van der Waals surface area contributed by atoms with Crippen molar-refractivity contribution in [2.75, 3.05) is 32.8 Å². The lowest BCUT2D eigenvalue weighted by Crippen LogP contribution is -2.45. The normalized spacial score (nSPS) is 23.1. The lowest BCUT2D eigenvalue weighted by molar-refractivity contribution is 0.125. The Bertz CT molecular complexity index is 161. The summed E-state index contributed by atoms with van der Waals surface area (Å²) in [5.41, 5.74) is 6.17. The number of rotatable bonds is 3. The topological polar surface area (TPSA) is 38.5 Å². The SMILES string of the molecule is CC(N)C(C)(C)CN1CCCOCC1. The molecule has 0 aromatic carbocycles. The number of hydrogen-bond donors (Lipinski definition) is 1. The van der Waals surface area contributed by atoms with Crippen molar-refractivity contribution in [2.24, 2.45) is 11.1 Å². The van der Waals surface area contributed by atoms with E-state index in [-0.39, 0.29) is 11.5 Å². The van der Waals surface area contributed by atoms with E-state index < -0.39 is 0 Å². The summed E-state index contributed by atoms with van der Waals surface area (Å²) in [5, 5.41) is 0. The summed E-state index contributed by atoms with van der Waals surface area (Å²) >= 11 is 0. The summed E-state index contributed by atoms with van der Waals surface area (Å²) in [4.78, 5) is 2.47. The Morgan fingerprint density at radius 2 is 2.07 bits per heavy atom. The van der Waals surface area contributed by atoms with Gasteiger partial charge in [0.1, 0.15) is 0 Å². The van der Waals surface area contributed by atoms with E-state index in [0.717, 1.165) is 39.3 Å². The van der Waals surface area contributed by atoms with Crippen molar-refractivity contribution in [1.82, 2.24) is 4.90 Å². The molecule has 14 heavy (non-hydrogen) atoms. The van der Waals surface area contributed by atoms with Crippen LogP contribution < -0.4 is 5.73 Å². The third-order valence-electron chi connectivity index (χ3n) is 3.18. The van der Waals surface area contributed by atoms with Crippen molar-refractivity contribution < 1.29 is 4.74 Å². The summed E-state index contributed by atoms with van der Waals surface area (Å²) in [6, 6.07) is 0.242. The van der Waals surface area contributed by atoms with Gasteiger partial charge in [-0.25, -0.2) is 0 Å². The zero-order chi connectivity index (χ0) is 10.6. The number of nitrogens with two attached hydrogens (primary N) is 1. The largest absolute Gasteiger partial charge is 0.380 e. The smallest absolute Gasteiger partial charge is 0.0593 e. The zero-order valence-corrected chi connectivity index (χ0v) is 9.75. The number of hydrogen-bond acceptors (Lipinski definition) is 3. The summed E-state index contributed by atoms with van der Waals surface area (Å²) in [5.74, 6) is 0. The quantitative estimate of drug-likeness (QED) is 0.741. The van der Waals surface area contributed by atoms with Gasteiger partial charge in [0.15, 0.2) is 0 Å². The molecule has 1 fully saturated rings. The molecule has 0 radical (unpaired) electrons. The van der Waals surface area contributed by atoms with E-state index in [0.29, 0.717) is 0 Å². The Hall–Kier alpha value is -0.120.